The van der Waals surface area contributed by atoms with E-state index in [1.54, 1.807) is 23.7 Å². The first-order valence-corrected chi connectivity index (χ1v) is 5.21. The summed E-state index contributed by atoms with van der Waals surface area (Å²) >= 11 is 0. The molecule has 0 saturated heterocycles. The average molecular weight is 222 g/mol. The van der Waals surface area contributed by atoms with Crippen LogP contribution in [0, 0.1) is 5.82 Å². The lowest BCUT2D eigenvalue weighted by Gasteiger charge is -2.11. The summed E-state index contributed by atoms with van der Waals surface area (Å²) in [4.78, 5) is 4.32. The summed E-state index contributed by atoms with van der Waals surface area (Å²) in [6, 6.07) is 4.98. The number of rotatable bonds is 3. The Morgan fingerprint density at radius 1 is 1.56 bits per heavy atom. The Morgan fingerprint density at radius 2 is 2.31 bits per heavy atom. The predicted molar refractivity (Wildman–Crippen MR) is 62.8 cm³/mol. The van der Waals surface area contributed by atoms with Crippen LogP contribution in [0.15, 0.2) is 18.2 Å². The van der Waals surface area contributed by atoms with Crippen LogP contribution < -0.4 is 11.1 Å². The predicted octanol–water partition coefficient (Wildman–Crippen LogP) is 1.47. The summed E-state index contributed by atoms with van der Waals surface area (Å²) in [5, 5.41) is 3.14. The fraction of sp³-hybridized carbons (Fsp3) is 0.364. The van der Waals surface area contributed by atoms with Crippen LogP contribution in [0.2, 0.25) is 0 Å². The second-order valence-corrected chi connectivity index (χ2v) is 3.88. The van der Waals surface area contributed by atoms with Gasteiger partial charge in [-0.05, 0) is 19.1 Å². The molecule has 0 bridgehead atoms. The highest BCUT2D eigenvalue weighted by Crippen LogP contribution is 2.21. The molecular formula is C11H15FN4. The Labute approximate surface area is 93.3 Å². The van der Waals surface area contributed by atoms with Crippen molar-refractivity contribution in [2.24, 2.45) is 12.8 Å². The van der Waals surface area contributed by atoms with Crippen molar-refractivity contribution < 1.29 is 4.39 Å². The molecule has 2 rings (SSSR count). The standard InChI is InChI=1S/C11H15FN4/c1-7(6-13)14-11-15-9-5-3-4-8(12)10(9)16(11)2/h3-5,7H,6,13H2,1-2H3,(H,14,15). The zero-order chi connectivity index (χ0) is 11.7. The summed E-state index contributed by atoms with van der Waals surface area (Å²) in [6.45, 7) is 2.46. The molecule has 4 nitrogen and oxygen atoms in total. The molecule has 5 heteroatoms. The number of imidazole rings is 1. The number of nitrogens with one attached hydrogen (secondary N) is 1. The number of nitrogens with zero attached hydrogens (tertiary/aromatic N) is 2. The molecule has 0 aliphatic rings. The van der Waals surface area contributed by atoms with Gasteiger partial charge in [0.15, 0.2) is 0 Å². The van der Waals surface area contributed by atoms with Gasteiger partial charge in [-0.3, -0.25) is 0 Å². The molecule has 0 saturated carbocycles. The van der Waals surface area contributed by atoms with Gasteiger partial charge >= 0.3 is 0 Å². The summed E-state index contributed by atoms with van der Waals surface area (Å²) < 4.78 is 15.3. The van der Waals surface area contributed by atoms with E-state index in [2.05, 4.69) is 10.3 Å². The summed E-state index contributed by atoms with van der Waals surface area (Å²) in [6.07, 6.45) is 0. The number of nitrogens with two attached hydrogens (primary N) is 1. The molecule has 1 unspecified atom stereocenters. The molecule has 0 aliphatic heterocycles. The highest BCUT2D eigenvalue weighted by Gasteiger charge is 2.12. The molecule has 0 aliphatic carbocycles. The molecule has 0 fully saturated rings. The van der Waals surface area contributed by atoms with Crippen molar-refractivity contribution in [2.75, 3.05) is 11.9 Å². The van der Waals surface area contributed by atoms with E-state index in [0.717, 1.165) is 0 Å². The van der Waals surface area contributed by atoms with Crippen molar-refractivity contribution in [3.8, 4) is 0 Å². The van der Waals surface area contributed by atoms with Crippen LogP contribution in [0.5, 0.6) is 0 Å². The van der Waals surface area contributed by atoms with Crippen molar-refractivity contribution in [3.63, 3.8) is 0 Å². The number of hydrogen-bond donors (Lipinski definition) is 2. The number of fused-ring (bicyclic) bond motifs is 1. The molecule has 1 aromatic heterocycles. The normalized spacial score (nSPS) is 13.0. The Kier molecular flexibility index (Phi) is 2.78. The zero-order valence-electron chi connectivity index (χ0n) is 9.37. The maximum atomic E-state index is 13.6. The van der Waals surface area contributed by atoms with Crippen molar-refractivity contribution in [3.05, 3.63) is 24.0 Å². The minimum absolute atomic E-state index is 0.110. The second kappa shape index (κ2) is 4.09. The van der Waals surface area contributed by atoms with Crippen LogP contribution in [-0.4, -0.2) is 22.1 Å². The molecule has 1 heterocycles. The quantitative estimate of drug-likeness (QED) is 0.826. The van der Waals surface area contributed by atoms with Crippen LogP contribution in [0.25, 0.3) is 11.0 Å². The number of para-hydroxylation sites is 1. The van der Waals surface area contributed by atoms with Crippen LogP contribution >= 0.6 is 0 Å². The van der Waals surface area contributed by atoms with Crippen LogP contribution in [0.1, 0.15) is 6.92 Å². The van der Waals surface area contributed by atoms with E-state index < -0.39 is 0 Å². The molecule has 1 atom stereocenters. The molecule has 1 aromatic carbocycles. The van der Waals surface area contributed by atoms with Gasteiger partial charge in [0.05, 0.1) is 5.52 Å². The van der Waals surface area contributed by atoms with E-state index in [0.29, 0.717) is 23.5 Å². The summed E-state index contributed by atoms with van der Waals surface area (Å²) in [7, 11) is 1.78. The molecular weight excluding hydrogens is 207 g/mol. The van der Waals surface area contributed by atoms with Crippen molar-refractivity contribution in [1.82, 2.24) is 9.55 Å². The van der Waals surface area contributed by atoms with Gasteiger partial charge in [0.2, 0.25) is 5.95 Å². The van der Waals surface area contributed by atoms with Gasteiger partial charge in [-0.25, -0.2) is 9.37 Å². The number of aryl methyl sites for hydroxylation is 1. The van der Waals surface area contributed by atoms with Crippen LogP contribution in [-0.2, 0) is 7.05 Å². The van der Waals surface area contributed by atoms with Crippen molar-refractivity contribution >= 4 is 17.0 Å². The van der Waals surface area contributed by atoms with E-state index >= 15 is 0 Å². The minimum Gasteiger partial charge on any atom is -0.352 e. The molecule has 3 N–H and O–H groups in total. The van der Waals surface area contributed by atoms with Gasteiger partial charge in [0.1, 0.15) is 11.3 Å². The first kappa shape index (κ1) is 10.9. The van der Waals surface area contributed by atoms with E-state index in [-0.39, 0.29) is 11.9 Å². The third kappa shape index (κ3) is 1.74. The molecule has 2 aromatic rings. The molecule has 0 amide bonds. The lowest BCUT2D eigenvalue weighted by atomic mass is 10.3. The van der Waals surface area contributed by atoms with Gasteiger partial charge in [0.25, 0.3) is 0 Å². The third-order valence-corrected chi connectivity index (χ3v) is 2.57. The zero-order valence-corrected chi connectivity index (χ0v) is 9.37. The third-order valence-electron chi connectivity index (χ3n) is 2.57. The fourth-order valence-corrected chi connectivity index (χ4v) is 1.63. The number of benzene rings is 1. The average Bonchev–Trinajstić information content (AvgIpc) is 2.57. The van der Waals surface area contributed by atoms with E-state index in [4.69, 9.17) is 5.73 Å². The number of aromatic nitrogens is 2. The maximum Gasteiger partial charge on any atom is 0.203 e. The summed E-state index contributed by atoms with van der Waals surface area (Å²) in [5.74, 6) is 0.374. The Balaban J connectivity index is 2.48. The molecule has 16 heavy (non-hydrogen) atoms. The fourth-order valence-electron chi connectivity index (χ4n) is 1.63. The largest absolute Gasteiger partial charge is 0.352 e. The van der Waals surface area contributed by atoms with Crippen molar-refractivity contribution in [1.29, 1.82) is 0 Å². The lowest BCUT2D eigenvalue weighted by Crippen LogP contribution is -2.26. The Hall–Kier alpha value is -1.62. The maximum absolute atomic E-state index is 13.6. The topological polar surface area (TPSA) is 55.9 Å². The van der Waals surface area contributed by atoms with Gasteiger partial charge in [-0.15, -0.1) is 0 Å². The number of halogens is 1. The van der Waals surface area contributed by atoms with E-state index in [1.807, 2.05) is 6.92 Å². The van der Waals surface area contributed by atoms with Gasteiger partial charge in [-0.1, -0.05) is 6.07 Å². The Bertz CT molecular complexity index is 506. The SMILES string of the molecule is CC(CN)Nc1nc2cccc(F)c2n1C. The monoisotopic (exact) mass is 222 g/mol. The van der Waals surface area contributed by atoms with E-state index in [9.17, 15) is 4.39 Å². The number of anilines is 1. The first-order chi connectivity index (χ1) is 7.63. The Morgan fingerprint density at radius 3 is 2.94 bits per heavy atom. The van der Waals surface area contributed by atoms with E-state index in [1.165, 1.54) is 6.07 Å². The van der Waals surface area contributed by atoms with Gasteiger partial charge < -0.3 is 15.6 Å². The van der Waals surface area contributed by atoms with Crippen molar-refractivity contribution in [2.45, 2.75) is 13.0 Å². The van der Waals surface area contributed by atoms with Crippen LogP contribution in [0.3, 0.4) is 0 Å². The molecule has 0 spiro atoms. The first-order valence-electron chi connectivity index (χ1n) is 5.21. The van der Waals surface area contributed by atoms with Gasteiger partial charge in [0, 0.05) is 19.6 Å². The highest BCUT2D eigenvalue weighted by molar-refractivity contribution is 5.79. The highest BCUT2D eigenvalue weighted by atomic mass is 19.1. The number of hydrogen-bond acceptors (Lipinski definition) is 3. The summed E-state index contributed by atoms with van der Waals surface area (Å²) in [5.41, 5.74) is 6.68. The smallest absolute Gasteiger partial charge is 0.203 e. The molecule has 0 radical (unpaired) electrons. The van der Waals surface area contributed by atoms with Crippen LogP contribution in [0.4, 0.5) is 10.3 Å². The molecule has 86 valence electrons. The lowest BCUT2D eigenvalue weighted by molar-refractivity contribution is 0.632. The second-order valence-electron chi connectivity index (χ2n) is 3.88. The van der Waals surface area contributed by atoms with Gasteiger partial charge in [-0.2, -0.15) is 0 Å². The minimum atomic E-state index is -0.263.